The number of rotatable bonds is 6. The van der Waals surface area contributed by atoms with Crippen molar-refractivity contribution in [2.45, 2.75) is 63.6 Å². The molecule has 1 aliphatic carbocycles. The first-order valence-electron chi connectivity index (χ1n) is 12.4. The molecule has 0 bridgehead atoms. The molecule has 2 atom stereocenters. The Balaban J connectivity index is 1.33. The number of amides is 1. The number of alkyl halides is 2. The Bertz CT molecular complexity index is 1120. The summed E-state index contributed by atoms with van der Waals surface area (Å²) >= 11 is 0. The highest BCUT2D eigenvalue weighted by molar-refractivity contribution is 5.79. The summed E-state index contributed by atoms with van der Waals surface area (Å²) in [5.41, 5.74) is 2.61. The number of likely N-dealkylation sites (tertiary alicyclic amines) is 1. The number of halogens is 2. The summed E-state index contributed by atoms with van der Waals surface area (Å²) in [5, 5.41) is 0. The largest absolute Gasteiger partial charge is 0.491 e. The number of hydrogen-bond donors (Lipinski definition) is 0. The van der Waals surface area contributed by atoms with Crippen LogP contribution in [0.2, 0.25) is 0 Å². The maximum atomic E-state index is 14.0. The Kier molecular flexibility index (Phi) is 6.81. The van der Waals surface area contributed by atoms with Crippen LogP contribution in [0.3, 0.4) is 0 Å². The fourth-order valence-corrected chi connectivity index (χ4v) is 5.39. The number of nitrogens with zero attached hydrogens (tertiary/aromatic N) is 5. The molecule has 1 saturated heterocycles. The zero-order valence-electron chi connectivity index (χ0n) is 20.6. The second-order valence-electron chi connectivity index (χ2n) is 9.58. The van der Waals surface area contributed by atoms with E-state index in [0.29, 0.717) is 56.3 Å². The Morgan fingerprint density at radius 3 is 2.72 bits per heavy atom. The number of carbonyl (C=O) groups excluding carboxylic acids is 1. The van der Waals surface area contributed by atoms with Crippen LogP contribution >= 0.6 is 0 Å². The van der Waals surface area contributed by atoms with Crippen LogP contribution in [-0.2, 0) is 17.8 Å². The predicted octanol–water partition coefficient (Wildman–Crippen LogP) is 3.60. The van der Waals surface area contributed by atoms with Crippen molar-refractivity contribution in [2.75, 3.05) is 32.2 Å². The SMILES string of the molecule is COc1cc(N2CCc3ncnc(O[C@H]4CCCN4C(=O)C4CCCC(F)(F)C4)c3C2)cnc1OC. The van der Waals surface area contributed by atoms with Gasteiger partial charge in [0.15, 0.2) is 12.0 Å². The molecule has 4 heterocycles. The molecule has 2 fully saturated rings. The average molecular weight is 504 g/mol. The van der Waals surface area contributed by atoms with Crippen LogP contribution in [0.15, 0.2) is 18.6 Å². The molecule has 2 aliphatic heterocycles. The second kappa shape index (κ2) is 10.0. The van der Waals surface area contributed by atoms with Crippen molar-refractivity contribution in [3.63, 3.8) is 0 Å². The van der Waals surface area contributed by atoms with Gasteiger partial charge in [-0.2, -0.15) is 0 Å². The van der Waals surface area contributed by atoms with Gasteiger partial charge < -0.3 is 24.0 Å². The molecule has 2 aromatic rings. The predicted molar refractivity (Wildman–Crippen MR) is 126 cm³/mol. The minimum Gasteiger partial charge on any atom is -0.491 e. The maximum absolute atomic E-state index is 14.0. The van der Waals surface area contributed by atoms with Crippen LogP contribution in [0.1, 0.15) is 49.8 Å². The van der Waals surface area contributed by atoms with Gasteiger partial charge in [0.05, 0.1) is 43.9 Å². The van der Waals surface area contributed by atoms with E-state index in [1.54, 1.807) is 25.3 Å². The van der Waals surface area contributed by atoms with E-state index in [4.69, 9.17) is 14.2 Å². The molecule has 0 spiro atoms. The summed E-state index contributed by atoms with van der Waals surface area (Å²) in [6, 6.07) is 1.87. The van der Waals surface area contributed by atoms with Crippen LogP contribution in [0.5, 0.6) is 17.5 Å². The second-order valence-corrected chi connectivity index (χ2v) is 9.58. The lowest BCUT2D eigenvalue weighted by Crippen LogP contribution is -2.45. The molecule has 2 aromatic heterocycles. The van der Waals surface area contributed by atoms with Gasteiger partial charge in [-0.3, -0.25) is 4.79 Å². The number of methoxy groups -OCH3 is 2. The molecule has 0 aromatic carbocycles. The fourth-order valence-electron chi connectivity index (χ4n) is 5.39. The van der Waals surface area contributed by atoms with Gasteiger partial charge in [0.1, 0.15) is 6.33 Å². The summed E-state index contributed by atoms with van der Waals surface area (Å²) < 4.78 is 44.9. The third kappa shape index (κ3) is 4.87. The van der Waals surface area contributed by atoms with Crippen molar-refractivity contribution >= 4 is 11.6 Å². The monoisotopic (exact) mass is 503 g/mol. The highest BCUT2D eigenvalue weighted by atomic mass is 19.3. The molecule has 36 heavy (non-hydrogen) atoms. The van der Waals surface area contributed by atoms with Gasteiger partial charge in [-0.05, 0) is 19.3 Å². The Hall–Kier alpha value is -3.24. The molecule has 11 heteroatoms. The van der Waals surface area contributed by atoms with E-state index in [-0.39, 0.29) is 18.7 Å². The zero-order valence-corrected chi connectivity index (χ0v) is 20.6. The van der Waals surface area contributed by atoms with Crippen molar-refractivity contribution in [2.24, 2.45) is 5.92 Å². The van der Waals surface area contributed by atoms with Crippen molar-refractivity contribution in [3.05, 3.63) is 29.8 Å². The molecular formula is C25H31F2N5O4. The first kappa shape index (κ1) is 24.5. The number of ether oxygens (including phenoxy) is 3. The van der Waals surface area contributed by atoms with Crippen molar-refractivity contribution in [1.82, 2.24) is 19.9 Å². The highest BCUT2D eigenvalue weighted by Crippen LogP contribution is 2.39. The lowest BCUT2D eigenvalue weighted by Gasteiger charge is -2.34. The standard InChI is InChI=1S/C25H31F2N5O4/c1-34-20-11-17(13-28-23(20)35-2)31-10-7-19-18(14-31)22(30-15-29-19)36-21-6-4-9-32(21)24(33)16-5-3-8-25(26,27)12-16/h11,13,15-16,21H,3-10,12,14H2,1-2H3/t16?,21-/m0/s1. The minimum absolute atomic E-state index is 0.143. The van der Waals surface area contributed by atoms with E-state index >= 15 is 0 Å². The van der Waals surface area contributed by atoms with Crippen LogP contribution in [0, 0.1) is 5.92 Å². The van der Waals surface area contributed by atoms with E-state index < -0.39 is 18.1 Å². The van der Waals surface area contributed by atoms with Crippen LogP contribution in [0.25, 0.3) is 0 Å². The number of anilines is 1. The lowest BCUT2D eigenvalue weighted by atomic mass is 9.85. The highest BCUT2D eigenvalue weighted by Gasteiger charge is 2.43. The van der Waals surface area contributed by atoms with E-state index in [0.717, 1.165) is 29.9 Å². The summed E-state index contributed by atoms with van der Waals surface area (Å²) in [4.78, 5) is 30.1. The minimum atomic E-state index is -2.77. The molecule has 194 valence electrons. The van der Waals surface area contributed by atoms with Crippen molar-refractivity contribution in [1.29, 1.82) is 0 Å². The molecule has 1 amide bonds. The molecule has 1 saturated carbocycles. The first-order chi connectivity index (χ1) is 17.4. The van der Waals surface area contributed by atoms with Gasteiger partial charge in [-0.15, -0.1) is 0 Å². The molecular weight excluding hydrogens is 472 g/mol. The first-order valence-corrected chi connectivity index (χ1v) is 12.4. The number of pyridine rings is 1. The smallest absolute Gasteiger partial charge is 0.256 e. The Morgan fingerprint density at radius 1 is 1.08 bits per heavy atom. The van der Waals surface area contributed by atoms with Gasteiger partial charge in [-0.25, -0.2) is 23.7 Å². The summed E-state index contributed by atoms with van der Waals surface area (Å²) in [6.45, 7) is 1.73. The molecule has 3 aliphatic rings. The van der Waals surface area contributed by atoms with Gasteiger partial charge in [0.2, 0.25) is 17.7 Å². The van der Waals surface area contributed by atoms with Gasteiger partial charge in [0, 0.05) is 50.8 Å². The van der Waals surface area contributed by atoms with Crippen LogP contribution in [0.4, 0.5) is 14.5 Å². The third-order valence-corrected chi connectivity index (χ3v) is 7.26. The molecule has 0 N–H and O–H groups in total. The van der Waals surface area contributed by atoms with Gasteiger partial charge in [-0.1, -0.05) is 0 Å². The molecule has 1 unspecified atom stereocenters. The van der Waals surface area contributed by atoms with E-state index in [2.05, 4.69) is 19.9 Å². The summed E-state index contributed by atoms with van der Waals surface area (Å²) in [6.07, 6.45) is 5.10. The average Bonchev–Trinajstić information content (AvgIpc) is 3.35. The normalized spacial score (nSPS) is 23.2. The zero-order chi connectivity index (χ0) is 25.3. The van der Waals surface area contributed by atoms with Crippen molar-refractivity contribution < 1.29 is 27.8 Å². The van der Waals surface area contributed by atoms with E-state index in [9.17, 15) is 13.6 Å². The lowest BCUT2D eigenvalue weighted by molar-refractivity contribution is -0.148. The summed E-state index contributed by atoms with van der Waals surface area (Å²) in [5.74, 6) is -2.30. The van der Waals surface area contributed by atoms with Crippen molar-refractivity contribution in [3.8, 4) is 17.5 Å². The molecule has 9 nitrogen and oxygen atoms in total. The number of fused-ring (bicyclic) bond motifs is 1. The number of aromatic nitrogens is 3. The quantitative estimate of drug-likeness (QED) is 0.591. The number of carbonyl (C=O) groups is 1. The van der Waals surface area contributed by atoms with Gasteiger partial charge in [0.25, 0.3) is 5.88 Å². The van der Waals surface area contributed by atoms with Crippen LogP contribution in [-0.4, -0.2) is 65.2 Å². The Morgan fingerprint density at radius 2 is 1.94 bits per heavy atom. The van der Waals surface area contributed by atoms with E-state index in [1.807, 2.05) is 6.07 Å². The molecule has 0 radical (unpaired) electrons. The van der Waals surface area contributed by atoms with E-state index in [1.165, 1.54) is 6.33 Å². The maximum Gasteiger partial charge on any atom is 0.256 e. The molecule has 5 rings (SSSR count). The fraction of sp³-hybridized carbons (Fsp3) is 0.600. The number of hydrogen-bond acceptors (Lipinski definition) is 8. The van der Waals surface area contributed by atoms with Crippen LogP contribution < -0.4 is 19.1 Å². The Labute approximate surface area is 208 Å². The summed E-state index contributed by atoms with van der Waals surface area (Å²) in [7, 11) is 3.11. The third-order valence-electron chi connectivity index (χ3n) is 7.26. The van der Waals surface area contributed by atoms with Gasteiger partial charge >= 0.3 is 0 Å². The topological polar surface area (TPSA) is 89.9 Å².